The molecule has 1 aliphatic heterocycles. The van der Waals surface area contributed by atoms with Crippen molar-refractivity contribution in [1.82, 2.24) is 10.2 Å². The Balaban J connectivity index is 1.49. The number of carbonyl (C=O) groups excluding carboxylic acids is 1. The number of hydrogen-bond acceptors (Lipinski definition) is 3. The first-order valence-electron chi connectivity index (χ1n) is 9.93. The molecule has 0 bridgehead atoms. The van der Waals surface area contributed by atoms with Gasteiger partial charge in [-0.2, -0.15) is 0 Å². The smallest absolute Gasteiger partial charge is 0.245 e. The average Bonchev–Trinajstić information content (AvgIpc) is 2.68. The molecule has 2 aromatic rings. The van der Waals surface area contributed by atoms with E-state index in [1.54, 1.807) is 0 Å². The van der Waals surface area contributed by atoms with E-state index in [1.165, 1.54) is 5.56 Å². The van der Waals surface area contributed by atoms with E-state index in [4.69, 9.17) is 0 Å². The quantitative estimate of drug-likeness (QED) is 0.786. The highest BCUT2D eigenvalue weighted by Crippen LogP contribution is 2.17. The number of amides is 1. The summed E-state index contributed by atoms with van der Waals surface area (Å²) in [6.07, 6.45) is 3.24. The molecule has 0 unspecified atom stereocenters. The van der Waals surface area contributed by atoms with Gasteiger partial charge >= 0.3 is 0 Å². The Labute approximate surface area is 163 Å². The highest BCUT2D eigenvalue weighted by molar-refractivity contribution is 5.88. The highest BCUT2D eigenvalue weighted by atomic mass is 16.2. The van der Waals surface area contributed by atoms with Crippen LogP contribution in [0.3, 0.4) is 0 Å². The first kappa shape index (κ1) is 19.4. The maximum Gasteiger partial charge on any atom is 0.245 e. The van der Waals surface area contributed by atoms with Crippen LogP contribution < -0.4 is 10.6 Å². The summed E-state index contributed by atoms with van der Waals surface area (Å²) in [4.78, 5) is 15.3. The number of benzene rings is 2. The van der Waals surface area contributed by atoms with Gasteiger partial charge in [0, 0.05) is 24.8 Å². The molecule has 27 heavy (non-hydrogen) atoms. The van der Waals surface area contributed by atoms with Crippen molar-refractivity contribution in [1.29, 1.82) is 0 Å². The fourth-order valence-electron chi connectivity index (χ4n) is 3.61. The van der Waals surface area contributed by atoms with Gasteiger partial charge in [-0.3, -0.25) is 4.79 Å². The maximum atomic E-state index is 12.8. The zero-order valence-electron chi connectivity index (χ0n) is 16.4. The van der Waals surface area contributed by atoms with Gasteiger partial charge < -0.3 is 15.5 Å². The van der Waals surface area contributed by atoms with Crippen LogP contribution in [-0.4, -0.2) is 42.0 Å². The third kappa shape index (κ3) is 5.83. The Bertz CT molecular complexity index is 715. The van der Waals surface area contributed by atoms with Crippen molar-refractivity contribution in [3.63, 3.8) is 0 Å². The lowest BCUT2D eigenvalue weighted by atomic mass is 10.00. The molecule has 1 fully saturated rings. The lowest BCUT2D eigenvalue weighted by Crippen LogP contribution is -2.55. The Morgan fingerprint density at radius 1 is 1.07 bits per heavy atom. The molecule has 4 heteroatoms. The molecule has 2 aromatic carbocycles. The van der Waals surface area contributed by atoms with Crippen molar-refractivity contribution in [2.45, 2.75) is 44.7 Å². The van der Waals surface area contributed by atoms with Crippen LogP contribution in [0.4, 0.5) is 5.69 Å². The van der Waals surface area contributed by atoms with E-state index >= 15 is 0 Å². The summed E-state index contributed by atoms with van der Waals surface area (Å²) in [6, 6.07) is 20.7. The number of hydrogen-bond donors (Lipinski definition) is 2. The standard InChI is InChI=1S/C23H31N3O/c1-23(2,25-20-12-7-4-8-13-20)22(27)24-21-14-9-16-26(18-21)17-15-19-10-5-3-6-11-19/h3-8,10-13,21,25H,9,14-18H2,1-2H3,(H,24,27)/t21-/m0/s1. The van der Waals surface area contributed by atoms with Crippen LogP contribution in [0.1, 0.15) is 32.3 Å². The van der Waals surface area contributed by atoms with Crippen LogP contribution in [0.5, 0.6) is 0 Å². The van der Waals surface area contributed by atoms with Gasteiger partial charge in [-0.15, -0.1) is 0 Å². The lowest BCUT2D eigenvalue weighted by molar-refractivity contribution is -0.125. The first-order valence-corrected chi connectivity index (χ1v) is 9.93. The van der Waals surface area contributed by atoms with Gasteiger partial charge in [-0.05, 0) is 57.4 Å². The summed E-state index contributed by atoms with van der Waals surface area (Å²) in [5.74, 6) is 0.0567. The number of rotatable bonds is 7. The number of anilines is 1. The van der Waals surface area contributed by atoms with Gasteiger partial charge in [0.2, 0.25) is 5.91 Å². The highest BCUT2D eigenvalue weighted by Gasteiger charge is 2.30. The van der Waals surface area contributed by atoms with Gasteiger partial charge in [-0.25, -0.2) is 0 Å². The zero-order chi connectivity index (χ0) is 19.1. The molecule has 1 atom stereocenters. The van der Waals surface area contributed by atoms with E-state index in [0.717, 1.165) is 44.6 Å². The molecule has 0 aromatic heterocycles. The van der Waals surface area contributed by atoms with Crippen LogP contribution >= 0.6 is 0 Å². The second-order valence-corrected chi connectivity index (χ2v) is 7.96. The largest absolute Gasteiger partial charge is 0.372 e. The van der Waals surface area contributed by atoms with E-state index < -0.39 is 5.54 Å². The Kier molecular flexibility index (Phi) is 6.51. The van der Waals surface area contributed by atoms with Crippen molar-refractivity contribution in [3.8, 4) is 0 Å². The molecule has 0 spiro atoms. The molecule has 2 N–H and O–H groups in total. The Morgan fingerprint density at radius 2 is 1.74 bits per heavy atom. The fourth-order valence-corrected chi connectivity index (χ4v) is 3.61. The normalized spacial score (nSPS) is 18.1. The molecule has 0 aliphatic carbocycles. The number of para-hydroxylation sites is 1. The summed E-state index contributed by atoms with van der Waals surface area (Å²) < 4.78 is 0. The van der Waals surface area contributed by atoms with Gasteiger partial charge in [0.25, 0.3) is 0 Å². The molecule has 1 heterocycles. The predicted octanol–water partition coefficient (Wildman–Crippen LogP) is 3.70. The molecule has 1 saturated heterocycles. The van der Waals surface area contributed by atoms with Crippen LogP contribution in [0.25, 0.3) is 0 Å². The fraction of sp³-hybridized carbons (Fsp3) is 0.435. The van der Waals surface area contributed by atoms with Crippen molar-refractivity contribution in [3.05, 3.63) is 66.2 Å². The second kappa shape index (κ2) is 9.05. The van der Waals surface area contributed by atoms with Gasteiger partial charge in [0.15, 0.2) is 0 Å². The zero-order valence-corrected chi connectivity index (χ0v) is 16.4. The monoisotopic (exact) mass is 365 g/mol. The van der Waals surface area contributed by atoms with Gasteiger partial charge in [0.05, 0.1) is 0 Å². The van der Waals surface area contributed by atoms with E-state index in [1.807, 2.05) is 44.2 Å². The van der Waals surface area contributed by atoms with E-state index in [2.05, 4.69) is 45.9 Å². The summed E-state index contributed by atoms with van der Waals surface area (Å²) in [5, 5.41) is 6.60. The first-order chi connectivity index (χ1) is 13.0. The SMILES string of the molecule is CC(C)(Nc1ccccc1)C(=O)N[C@H]1CCCN(CCc2ccccc2)C1. The molecular weight excluding hydrogens is 334 g/mol. The lowest BCUT2D eigenvalue weighted by Gasteiger charge is -2.35. The number of nitrogens with zero attached hydrogens (tertiary/aromatic N) is 1. The molecule has 1 amide bonds. The minimum atomic E-state index is -0.645. The Hall–Kier alpha value is -2.33. The topological polar surface area (TPSA) is 44.4 Å². The van der Waals surface area contributed by atoms with Gasteiger partial charge in [-0.1, -0.05) is 48.5 Å². The number of nitrogens with one attached hydrogen (secondary N) is 2. The summed E-state index contributed by atoms with van der Waals surface area (Å²) in [7, 11) is 0. The van der Waals surface area contributed by atoms with Crippen LogP contribution in [0, 0.1) is 0 Å². The van der Waals surface area contributed by atoms with E-state index in [0.29, 0.717) is 0 Å². The molecule has 3 rings (SSSR count). The molecule has 4 nitrogen and oxygen atoms in total. The van der Waals surface area contributed by atoms with Gasteiger partial charge in [0.1, 0.15) is 5.54 Å². The van der Waals surface area contributed by atoms with Crippen LogP contribution in [0.2, 0.25) is 0 Å². The van der Waals surface area contributed by atoms with Crippen LogP contribution in [-0.2, 0) is 11.2 Å². The van der Waals surface area contributed by atoms with E-state index in [-0.39, 0.29) is 11.9 Å². The van der Waals surface area contributed by atoms with E-state index in [9.17, 15) is 4.79 Å². The van der Waals surface area contributed by atoms with Crippen LogP contribution in [0.15, 0.2) is 60.7 Å². The second-order valence-electron chi connectivity index (χ2n) is 7.96. The summed E-state index contributed by atoms with van der Waals surface area (Å²) >= 11 is 0. The number of likely N-dealkylation sites (tertiary alicyclic amines) is 1. The molecular formula is C23H31N3O. The summed E-state index contributed by atoms with van der Waals surface area (Å²) in [6.45, 7) is 6.96. The Morgan fingerprint density at radius 3 is 2.44 bits per heavy atom. The summed E-state index contributed by atoms with van der Waals surface area (Å²) in [5.41, 5.74) is 1.69. The van der Waals surface area contributed by atoms with Crippen molar-refractivity contribution in [2.24, 2.45) is 0 Å². The third-order valence-corrected chi connectivity index (χ3v) is 5.20. The number of piperidine rings is 1. The molecule has 1 aliphatic rings. The molecule has 0 radical (unpaired) electrons. The molecule has 0 saturated carbocycles. The maximum absolute atomic E-state index is 12.8. The van der Waals surface area contributed by atoms with Crippen molar-refractivity contribution < 1.29 is 4.79 Å². The minimum Gasteiger partial charge on any atom is -0.372 e. The number of carbonyl (C=O) groups is 1. The molecule has 144 valence electrons. The minimum absolute atomic E-state index is 0.0567. The van der Waals surface area contributed by atoms with Crippen molar-refractivity contribution >= 4 is 11.6 Å². The predicted molar refractivity (Wildman–Crippen MR) is 112 cm³/mol. The van der Waals surface area contributed by atoms with Crippen molar-refractivity contribution in [2.75, 3.05) is 25.0 Å². The third-order valence-electron chi connectivity index (χ3n) is 5.20. The average molecular weight is 366 g/mol.